The number of rotatable bonds is 7. The van der Waals surface area contributed by atoms with Crippen molar-refractivity contribution >= 4 is 29.4 Å². The van der Waals surface area contributed by atoms with E-state index in [1.807, 2.05) is 30.3 Å². The molecule has 0 aromatic heterocycles. The second kappa shape index (κ2) is 10.2. The lowest BCUT2D eigenvalue weighted by Gasteiger charge is -2.30. The molecule has 0 saturated carbocycles. The molecule has 1 atom stereocenters. The molecule has 1 aliphatic rings. The Labute approximate surface area is 164 Å². The fourth-order valence-corrected chi connectivity index (χ4v) is 2.93. The van der Waals surface area contributed by atoms with Crippen LogP contribution in [0.25, 0.3) is 6.08 Å². The van der Waals surface area contributed by atoms with Crippen LogP contribution in [-0.2, 0) is 19.1 Å². The van der Waals surface area contributed by atoms with E-state index in [9.17, 15) is 14.4 Å². The van der Waals surface area contributed by atoms with Gasteiger partial charge < -0.3 is 15.0 Å². The minimum absolute atomic E-state index is 0.0704. The van der Waals surface area contributed by atoms with E-state index >= 15 is 0 Å². The third-order valence-corrected chi connectivity index (χ3v) is 4.60. The fraction of sp³-hybridized carbons (Fsp3) is 0.381. The third-order valence-electron chi connectivity index (χ3n) is 4.60. The van der Waals surface area contributed by atoms with Crippen LogP contribution in [-0.4, -0.2) is 48.0 Å². The zero-order chi connectivity index (χ0) is 20.5. The Kier molecular flexibility index (Phi) is 7.64. The molecule has 1 saturated heterocycles. The lowest BCUT2D eigenvalue weighted by atomic mass is 9.96. The van der Waals surface area contributed by atoms with Crippen LogP contribution in [0.4, 0.5) is 0 Å². The van der Waals surface area contributed by atoms with Gasteiger partial charge in [0, 0.05) is 24.9 Å². The van der Waals surface area contributed by atoms with Crippen LogP contribution >= 0.6 is 0 Å². The molecule has 1 fully saturated rings. The summed E-state index contributed by atoms with van der Waals surface area (Å²) in [6.45, 7) is 1.73. The second-order valence-electron chi connectivity index (χ2n) is 6.66. The molecule has 0 bridgehead atoms. The molecule has 7 nitrogen and oxygen atoms in total. The quantitative estimate of drug-likeness (QED) is 0.442. The highest BCUT2D eigenvalue weighted by Crippen LogP contribution is 2.19. The van der Waals surface area contributed by atoms with Crippen molar-refractivity contribution in [2.45, 2.75) is 19.8 Å². The maximum Gasteiger partial charge on any atom is 0.309 e. The minimum atomic E-state index is -1.18. The number of carbonyl (C=O) groups is 3. The van der Waals surface area contributed by atoms with Crippen molar-refractivity contribution in [2.24, 2.45) is 11.8 Å². The molecule has 1 unspecified atom stereocenters. The molecule has 1 heterocycles. The number of ketones is 1. The van der Waals surface area contributed by atoms with Crippen LogP contribution in [0.15, 0.2) is 36.4 Å². The lowest BCUT2D eigenvalue weighted by Crippen LogP contribution is -2.40. The molecule has 1 amide bonds. The van der Waals surface area contributed by atoms with Gasteiger partial charge in [-0.2, -0.15) is 5.26 Å². The molecule has 7 heteroatoms. The first kappa shape index (κ1) is 21.0. The van der Waals surface area contributed by atoms with Gasteiger partial charge in [-0.1, -0.05) is 30.3 Å². The second-order valence-corrected chi connectivity index (χ2v) is 6.66. The van der Waals surface area contributed by atoms with Crippen molar-refractivity contribution in [1.82, 2.24) is 4.90 Å². The number of ether oxygens (including phenoxy) is 1. The van der Waals surface area contributed by atoms with Crippen LogP contribution in [0.3, 0.4) is 0 Å². The topological polar surface area (TPSA) is 111 Å². The number of esters is 1. The molecule has 146 valence electrons. The summed E-state index contributed by atoms with van der Waals surface area (Å²) in [6.07, 6.45) is 4.20. The summed E-state index contributed by atoms with van der Waals surface area (Å²) in [5.74, 6) is -2.76. The number of nitrogens with one attached hydrogen (secondary N) is 1. The largest absolute Gasteiger partial charge is 0.457 e. The molecule has 0 spiro atoms. The van der Waals surface area contributed by atoms with E-state index in [4.69, 9.17) is 15.4 Å². The summed E-state index contributed by atoms with van der Waals surface area (Å²) in [6, 6.07) is 11.2. The van der Waals surface area contributed by atoms with Crippen LogP contribution in [0, 0.1) is 28.6 Å². The average molecular weight is 381 g/mol. The maximum atomic E-state index is 12.3. The first-order valence-electron chi connectivity index (χ1n) is 9.08. The van der Waals surface area contributed by atoms with Gasteiger partial charge in [0.25, 0.3) is 0 Å². The predicted molar refractivity (Wildman–Crippen MR) is 103 cm³/mol. The standard InChI is InChI=1S/C21H23N3O4/c1-15(23)18(13-22)19(25)14-28-21(27)17-9-11-24(12-10-17)20(26)8-7-16-5-3-2-4-6-16/h2-8,17-18,23H,9-12,14H2,1H3/b8-7+,23-15?. The van der Waals surface area contributed by atoms with E-state index in [0.29, 0.717) is 25.9 Å². The van der Waals surface area contributed by atoms with Crippen LogP contribution in [0.2, 0.25) is 0 Å². The summed E-state index contributed by atoms with van der Waals surface area (Å²) in [4.78, 5) is 37.9. The smallest absolute Gasteiger partial charge is 0.309 e. The summed E-state index contributed by atoms with van der Waals surface area (Å²) in [5.41, 5.74) is 0.869. The van der Waals surface area contributed by atoms with Gasteiger partial charge in [-0.15, -0.1) is 0 Å². The van der Waals surface area contributed by atoms with Crippen molar-refractivity contribution in [3.05, 3.63) is 42.0 Å². The Hall–Kier alpha value is -3.27. The molecule has 1 N–H and O–H groups in total. The zero-order valence-corrected chi connectivity index (χ0v) is 15.8. The van der Waals surface area contributed by atoms with E-state index in [2.05, 4.69) is 0 Å². The highest BCUT2D eigenvalue weighted by Gasteiger charge is 2.29. The number of hydrogen-bond acceptors (Lipinski definition) is 6. The van der Waals surface area contributed by atoms with Gasteiger partial charge >= 0.3 is 5.97 Å². The monoisotopic (exact) mass is 381 g/mol. The van der Waals surface area contributed by atoms with E-state index in [0.717, 1.165) is 5.56 Å². The lowest BCUT2D eigenvalue weighted by molar-refractivity contribution is -0.154. The summed E-state index contributed by atoms with van der Waals surface area (Å²) in [5, 5.41) is 16.3. The Morgan fingerprint density at radius 1 is 1.29 bits per heavy atom. The van der Waals surface area contributed by atoms with E-state index < -0.39 is 24.3 Å². The molecule has 2 rings (SSSR count). The van der Waals surface area contributed by atoms with Gasteiger partial charge in [-0.3, -0.25) is 14.4 Å². The maximum absolute atomic E-state index is 12.3. The van der Waals surface area contributed by atoms with Crippen molar-refractivity contribution < 1.29 is 19.1 Å². The molecule has 0 radical (unpaired) electrons. The Morgan fingerprint density at radius 3 is 2.50 bits per heavy atom. The van der Waals surface area contributed by atoms with E-state index in [1.54, 1.807) is 17.0 Å². The summed E-state index contributed by atoms with van der Waals surface area (Å²) in [7, 11) is 0. The van der Waals surface area contributed by atoms with Crippen molar-refractivity contribution in [3.63, 3.8) is 0 Å². The van der Waals surface area contributed by atoms with Gasteiger partial charge in [0.2, 0.25) is 5.91 Å². The number of nitriles is 1. The van der Waals surface area contributed by atoms with Crippen LogP contribution < -0.4 is 0 Å². The van der Waals surface area contributed by atoms with Crippen LogP contribution in [0.1, 0.15) is 25.3 Å². The Balaban J connectivity index is 1.78. The molecule has 28 heavy (non-hydrogen) atoms. The molecule has 1 aromatic carbocycles. The predicted octanol–water partition coefficient (Wildman–Crippen LogP) is 2.23. The highest BCUT2D eigenvalue weighted by molar-refractivity contribution is 6.06. The minimum Gasteiger partial charge on any atom is -0.457 e. The number of Topliss-reactive ketones (excluding diaryl/α,β-unsaturated/α-hetero) is 1. The molecular formula is C21H23N3O4. The average Bonchev–Trinajstić information content (AvgIpc) is 2.71. The number of likely N-dealkylation sites (tertiary alicyclic amines) is 1. The first-order chi connectivity index (χ1) is 13.4. The van der Waals surface area contributed by atoms with Crippen LogP contribution in [0.5, 0.6) is 0 Å². The van der Waals surface area contributed by atoms with Gasteiger partial charge in [0.05, 0.1) is 12.0 Å². The molecular weight excluding hydrogens is 358 g/mol. The van der Waals surface area contributed by atoms with E-state index in [-0.39, 0.29) is 17.5 Å². The van der Waals surface area contributed by atoms with Gasteiger partial charge in [0.1, 0.15) is 5.92 Å². The van der Waals surface area contributed by atoms with Gasteiger partial charge in [-0.25, -0.2) is 0 Å². The fourth-order valence-electron chi connectivity index (χ4n) is 2.93. The summed E-state index contributed by atoms with van der Waals surface area (Å²) >= 11 is 0. The Morgan fingerprint density at radius 2 is 1.93 bits per heavy atom. The van der Waals surface area contributed by atoms with E-state index in [1.165, 1.54) is 13.0 Å². The van der Waals surface area contributed by atoms with Gasteiger partial charge in [0.15, 0.2) is 12.4 Å². The third kappa shape index (κ3) is 5.88. The van der Waals surface area contributed by atoms with Gasteiger partial charge in [-0.05, 0) is 31.4 Å². The highest BCUT2D eigenvalue weighted by atomic mass is 16.5. The number of piperidine rings is 1. The number of nitrogens with zero attached hydrogens (tertiary/aromatic N) is 2. The normalized spacial score (nSPS) is 15.6. The summed E-state index contributed by atoms with van der Waals surface area (Å²) < 4.78 is 5.02. The first-order valence-corrected chi connectivity index (χ1v) is 9.08. The number of carbonyl (C=O) groups excluding carboxylic acids is 3. The van der Waals surface area contributed by atoms with Crippen molar-refractivity contribution in [2.75, 3.05) is 19.7 Å². The Bertz CT molecular complexity index is 803. The number of hydrogen-bond donors (Lipinski definition) is 1. The van der Waals surface area contributed by atoms with Crippen molar-refractivity contribution in [1.29, 1.82) is 10.7 Å². The SMILES string of the molecule is CC(=N)C(C#N)C(=O)COC(=O)C1CCN(C(=O)/C=C/c2ccccc2)CC1. The van der Waals surface area contributed by atoms with Crippen molar-refractivity contribution in [3.8, 4) is 6.07 Å². The molecule has 0 aliphatic carbocycles. The zero-order valence-electron chi connectivity index (χ0n) is 15.8. The number of benzene rings is 1. The molecule has 1 aromatic rings. The molecule has 1 aliphatic heterocycles. The number of amides is 1.